The van der Waals surface area contributed by atoms with Crippen molar-refractivity contribution in [3.8, 4) is 0 Å². The van der Waals surface area contributed by atoms with E-state index < -0.39 is 4.92 Å². The van der Waals surface area contributed by atoms with Crippen molar-refractivity contribution in [1.82, 2.24) is 9.97 Å². The molecule has 1 aromatic heterocycles. The topological polar surface area (TPSA) is 93.0 Å². The molecular weight excluding hydrogens is 282 g/mol. The number of aryl methyl sites for hydroxylation is 1. The Labute approximate surface area is 120 Å². The summed E-state index contributed by atoms with van der Waals surface area (Å²) >= 11 is 6.09. The van der Waals surface area contributed by atoms with Crippen LogP contribution in [0.3, 0.4) is 0 Å². The molecule has 0 atom stereocenters. The van der Waals surface area contributed by atoms with E-state index in [2.05, 4.69) is 20.6 Å². The van der Waals surface area contributed by atoms with Gasteiger partial charge in [0.05, 0.1) is 15.6 Å². The van der Waals surface area contributed by atoms with Crippen molar-refractivity contribution in [2.75, 3.05) is 17.7 Å². The Balaban J connectivity index is 2.51. The first-order chi connectivity index (χ1) is 9.54. The first-order valence-electron chi connectivity index (χ1n) is 5.74. The SMILES string of the molecule is CNc1ncnc(Nc2c(C)cccc2Cl)c1[N+](=O)[O-]. The molecule has 0 saturated heterocycles. The highest BCUT2D eigenvalue weighted by Gasteiger charge is 2.23. The van der Waals surface area contributed by atoms with Crippen molar-refractivity contribution in [3.63, 3.8) is 0 Å². The summed E-state index contributed by atoms with van der Waals surface area (Å²) in [7, 11) is 1.56. The van der Waals surface area contributed by atoms with E-state index >= 15 is 0 Å². The monoisotopic (exact) mass is 293 g/mol. The van der Waals surface area contributed by atoms with Crippen LogP contribution >= 0.6 is 11.6 Å². The molecule has 0 aliphatic heterocycles. The second kappa shape index (κ2) is 5.70. The van der Waals surface area contributed by atoms with Crippen molar-refractivity contribution in [2.45, 2.75) is 6.92 Å². The Morgan fingerprint density at radius 1 is 1.30 bits per heavy atom. The molecule has 2 N–H and O–H groups in total. The van der Waals surface area contributed by atoms with Gasteiger partial charge in [-0.05, 0) is 18.6 Å². The Morgan fingerprint density at radius 2 is 2.00 bits per heavy atom. The van der Waals surface area contributed by atoms with Crippen LogP contribution in [0.4, 0.5) is 23.0 Å². The largest absolute Gasteiger partial charge is 0.367 e. The molecule has 0 unspecified atom stereocenters. The number of nitrogens with zero attached hydrogens (tertiary/aromatic N) is 3. The van der Waals surface area contributed by atoms with Gasteiger partial charge in [0, 0.05) is 7.05 Å². The first-order valence-corrected chi connectivity index (χ1v) is 6.11. The van der Waals surface area contributed by atoms with Crippen molar-refractivity contribution in [3.05, 3.63) is 45.2 Å². The van der Waals surface area contributed by atoms with Crippen molar-refractivity contribution >= 4 is 34.6 Å². The molecule has 20 heavy (non-hydrogen) atoms. The second-order valence-corrected chi connectivity index (χ2v) is 4.39. The zero-order valence-corrected chi connectivity index (χ0v) is 11.6. The maximum atomic E-state index is 11.2. The van der Waals surface area contributed by atoms with Gasteiger partial charge in [0.15, 0.2) is 0 Å². The number of para-hydroxylation sites is 1. The highest BCUT2D eigenvalue weighted by molar-refractivity contribution is 6.33. The Morgan fingerprint density at radius 3 is 2.60 bits per heavy atom. The molecular formula is C12H12ClN5O2. The molecule has 0 aliphatic rings. The van der Waals surface area contributed by atoms with Gasteiger partial charge in [0.25, 0.3) is 0 Å². The van der Waals surface area contributed by atoms with Crippen LogP contribution < -0.4 is 10.6 Å². The van der Waals surface area contributed by atoms with E-state index in [1.54, 1.807) is 19.2 Å². The van der Waals surface area contributed by atoms with Crippen molar-refractivity contribution < 1.29 is 4.92 Å². The van der Waals surface area contributed by atoms with Crippen LogP contribution in [0.5, 0.6) is 0 Å². The van der Waals surface area contributed by atoms with Gasteiger partial charge in [-0.15, -0.1) is 0 Å². The number of halogens is 1. The molecule has 2 rings (SSSR count). The number of nitrogens with one attached hydrogen (secondary N) is 2. The Hall–Kier alpha value is -2.41. The molecule has 0 saturated carbocycles. The minimum absolute atomic E-state index is 0.0885. The average Bonchev–Trinajstić information content (AvgIpc) is 2.42. The van der Waals surface area contributed by atoms with Crippen LogP contribution in [0.15, 0.2) is 24.5 Å². The van der Waals surface area contributed by atoms with E-state index in [0.29, 0.717) is 10.7 Å². The smallest absolute Gasteiger partial charge is 0.353 e. The minimum Gasteiger partial charge on any atom is -0.367 e. The quantitative estimate of drug-likeness (QED) is 0.664. The van der Waals surface area contributed by atoms with Gasteiger partial charge in [-0.3, -0.25) is 10.1 Å². The molecule has 104 valence electrons. The summed E-state index contributed by atoms with van der Waals surface area (Å²) in [6.07, 6.45) is 1.24. The third kappa shape index (κ3) is 2.62. The van der Waals surface area contributed by atoms with Crippen LogP contribution in [0.1, 0.15) is 5.56 Å². The van der Waals surface area contributed by atoms with Crippen LogP contribution in [0, 0.1) is 17.0 Å². The van der Waals surface area contributed by atoms with Crippen LogP contribution in [-0.4, -0.2) is 21.9 Å². The molecule has 0 amide bonds. The second-order valence-electron chi connectivity index (χ2n) is 3.98. The normalized spacial score (nSPS) is 10.2. The van der Waals surface area contributed by atoms with Gasteiger partial charge in [-0.25, -0.2) is 9.97 Å². The Bertz CT molecular complexity index is 642. The van der Waals surface area contributed by atoms with Gasteiger partial charge in [-0.1, -0.05) is 23.7 Å². The average molecular weight is 294 g/mol. The predicted octanol–water partition coefficient (Wildman–Crippen LogP) is 3.13. The Kier molecular flexibility index (Phi) is 3.99. The molecule has 0 bridgehead atoms. The lowest BCUT2D eigenvalue weighted by molar-refractivity contribution is -0.383. The fourth-order valence-electron chi connectivity index (χ4n) is 1.73. The number of rotatable bonds is 4. The molecule has 0 radical (unpaired) electrons. The lowest BCUT2D eigenvalue weighted by atomic mass is 10.2. The molecule has 0 fully saturated rings. The van der Waals surface area contributed by atoms with E-state index in [4.69, 9.17) is 11.6 Å². The number of aromatic nitrogens is 2. The molecule has 1 aromatic carbocycles. The minimum atomic E-state index is -0.541. The summed E-state index contributed by atoms with van der Waals surface area (Å²) in [6.45, 7) is 1.85. The molecule has 7 nitrogen and oxygen atoms in total. The predicted molar refractivity (Wildman–Crippen MR) is 77.7 cm³/mol. The highest BCUT2D eigenvalue weighted by Crippen LogP contribution is 2.34. The fraction of sp³-hybridized carbons (Fsp3) is 0.167. The molecule has 1 heterocycles. The van der Waals surface area contributed by atoms with E-state index in [1.165, 1.54) is 6.33 Å². The van der Waals surface area contributed by atoms with Crippen molar-refractivity contribution in [2.24, 2.45) is 0 Å². The third-order valence-electron chi connectivity index (χ3n) is 2.71. The fourth-order valence-corrected chi connectivity index (χ4v) is 2.00. The standard InChI is InChI=1S/C12H12ClN5O2/c1-7-4-3-5-8(13)9(7)17-12-10(18(19)20)11(14-2)15-6-16-12/h3-6H,1-2H3,(H2,14,15,16,17). The van der Waals surface area contributed by atoms with Crippen LogP contribution in [-0.2, 0) is 0 Å². The van der Waals surface area contributed by atoms with E-state index in [1.807, 2.05) is 13.0 Å². The van der Waals surface area contributed by atoms with Gasteiger partial charge >= 0.3 is 5.69 Å². The van der Waals surface area contributed by atoms with Gasteiger partial charge in [0.1, 0.15) is 6.33 Å². The maximum absolute atomic E-state index is 11.2. The molecule has 2 aromatic rings. The van der Waals surface area contributed by atoms with E-state index in [9.17, 15) is 10.1 Å². The summed E-state index contributed by atoms with van der Waals surface area (Å²) in [5.74, 6) is 0.225. The van der Waals surface area contributed by atoms with Gasteiger partial charge in [-0.2, -0.15) is 0 Å². The van der Waals surface area contributed by atoms with Crippen LogP contribution in [0.2, 0.25) is 5.02 Å². The molecule has 0 spiro atoms. The lowest BCUT2D eigenvalue weighted by Gasteiger charge is -2.11. The summed E-state index contributed by atoms with van der Waals surface area (Å²) in [5, 5.41) is 17.2. The molecule has 8 heteroatoms. The lowest BCUT2D eigenvalue weighted by Crippen LogP contribution is -2.06. The summed E-state index contributed by atoms with van der Waals surface area (Å²) in [6, 6.07) is 5.35. The highest BCUT2D eigenvalue weighted by atomic mass is 35.5. The summed E-state index contributed by atoms with van der Waals surface area (Å²) < 4.78 is 0. The van der Waals surface area contributed by atoms with E-state index in [-0.39, 0.29) is 17.3 Å². The van der Waals surface area contributed by atoms with E-state index in [0.717, 1.165) is 5.56 Å². The zero-order valence-electron chi connectivity index (χ0n) is 10.8. The first kappa shape index (κ1) is 14.0. The van der Waals surface area contributed by atoms with Gasteiger partial charge in [0.2, 0.25) is 11.6 Å². The number of nitro groups is 1. The van der Waals surface area contributed by atoms with Gasteiger partial charge < -0.3 is 10.6 Å². The third-order valence-corrected chi connectivity index (χ3v) is 3.02. The number of benzene rings is 1. The number of hydrogen-bond donors (Lipinski definition) is 2. The summed E-state index contributed by atoms with van der Waals surface area (Å²) in [4.78, 5) is 18.4. The zero-order chi connectivity index (χ0) is 14.7. The molecule has 0 aliphatic carbocycles. The summed E-state index contributed by atoms with van der Waals surface area (Å²) in [5.41, 5.74) is 1.21. The maximum Gasteiger partial charge on any atom is 0.353 e. The van der Waals surface area contributed by atoms with Crippen LogP contribution in [0.25, 0.3) is 0 Å². The number of hydrogen-bond acceptors (Lipinski definition) is 6. The van der Waals surface area contributed by atoms with Crippen molar-refractivity contribution in [1.29, 1.82) is 0 Å². The number of anilines is 3.